The second-order valence-corrected chi connectivity index (χ2v) is 3.03. The molecule has 0 bridgehead atoms. The number of rotatable bonds is 2. The zero-order valence-electron chi connectivity index (χ0n) is 6.80. The normalized spacial score (nSPS) is 9.77. The lowest BCUT2D eigenvalue weighted by molar-refractivity contribution is 0.0536. The van der Waals surface area contributed by atoms with Crippen LogP contribution in [0.2, 0.25) is 0 Å². The number of halogens is 2. The Kier molecular flexibility index (Phi) is 3.39. The van der Waals surface area contributed by atoms with Gasteiger partial charge in [-0.2, -0.15) is 0 Å². The molecule has 13 heavy (non-hydrogen) atoms. The average molecular weight is 248 g/mol. The summed E-state index contributed by atoms with van der Waals surface area (Å²) in [6.45, 7) is 0. The van der Waals surface area contributed by atoms with E-state index in [9.17, 15) is 9.18 Å². The first-order valence-electron chi connectivity index (χ1n) is 3.44. The summed E-state index contributed by atoms with van der Waals surface area (Å²) in [5.41, 5.74) is 2.29. The molecule has 0 aliphatic rings. The lowest BCUT2D eigenvalue weighted by Crippen LogP contribution is -2.22. The fourth-order valence-electron chi connectivity index (χ4n) is 0.827. The average Bonchev–Trinajstić information content (AvgIpc) is 2.10. The van der Waals surface area contributed by atoms with Crippen LogP contribution in [0.25, 0.3) is 0 Å². The molecular formula is C8H7BrFNO2. The van der Waals surface area contributed by atoms with Gasteiger partial charge in [0.1, 0.15) is 5.82 Å². The van der Waals surface area contributed by atoms with Crippen molar-refractivity contribution in [1.82, 2.24) is 5.48 Å². The highest BCUT2D eigenvalue weighted by atomic mass is 79.9. The molecule has 0 saturated carbocycles. The van der Waals surface area contributed by atoms with Gasteiger partial charge in [0.05, 0.1) is 17.1 Å². The molecule has 1 aromatic carbocycles. The number of amides is 1. The first-order valence-corrected chi connectivity index (χ1v) is 4.23. The minimum absolute atomic E-state index is 0.129. The lowest BCUT2D eigenvalue weighted by Gasteiger charge is -2.04. The molecule has 0 spiro atoms. The number of nitrogens with one attached hydrogen (secondary N) is 1. The topological polar surface area (TPSA) is 38.3 Å². The predicted octanol–water partition coefficient (Wildman–Crippen LogP) is 1.88. The fraction of sp³-hybridized carbons (Fsp3) is 0.125. The summed E-state index contributed by atoms with van der Waals surface area (Å²) in [7, 11) is 1.31. The minimum atomic E-state index is -0.492. The molecule has 0 aliphatic heterocycles. The maximum Gasteiger partial charge on any atom is 0.276 e. The molecule has 1 amide bonds. The lowest BCUT2D eigenvalue weighted by atomic mass is 10.2. The van der Waals surface area contributed by atoms with E-state index in [1.165, 1.54) is 25.3 Å². The Balaban J connectivity index is 3.01. The van der Waals surface area contributed by atoms with Crippen LogP contribution in [-0.2, 0) is 4.84 Å². The van der Waals surface area contributed by atoms with Crippen LogP contribution in [0.3, 0.4) is 0 Å². The van der Waals surface area contributed by atoms with Gasteiger partial charge in [-0.1, -0.05) is 6.07 Å². The molecule has 3 nitrogen and oxygen atoms in total. The molecule has 0 radical (unpaired) electrons. The molecule has 0 saturated heterocycles. The van der Waals surface area contributed by atoms with Crippen LogP contribution in [0.5, 0.6) is 0 Å². The SMILES string of the molecule is CONC(=O)c1cccc(F)c1Br. The van der Waals surface area contributed by atoms with Gasteiger partial charge in [-0.15, -0.1) is 0 Å². The van der Waals surface area contributed by atoms with Crippen LogP contribution in [0.15, 0.2) is 22.7 Å². The molecule has 0 aliphatic carbocycles. The summed E-state index contributed by atoms with van der Waals surface area (Å²) in [5, 5.41) is 0. The van der Waals surface area contributed by atoms with Crippen molar-refractivity contribution in [3.05, 3.63) is 34.1 Å². The molecule has 0 atom stereocenters. The smallest absolute Gasteiger partial charge is 0.276 e. The number of carbonyl (C=O) groups excluding carboxylic acids is 1. The van der Waals surface area contributed by atoms with Crippen molar-refractivity contribution in [2.45, 2.75) is 0 Å². The van der Waals surface area contributed by atoms with E-state index < -0.39 is 11.7 Å². The molecule has 5 heteroatoms. The Labute approximate surface area is 83.0 Å². The molecule has 70 valence electrons. The van der Waals surface area contributed by atoms with Crippen LogP contribution in [-0.4, -0.2) is 13.0 Å². The van der Waals surface area contributed by atoms with Gasteiger partial charge in [-0.25, -0.2) is 9.87 Å². The van der Waals surface area contributed by atoms with E-state index in [4.69, 9.17) is 0 Å². The van der Waals surface area contributed by atoms with Crippen molar-refractivity contribution in [1.29, 1.82) is 0 Å². The van der Waals surface area contributed by atoms with Crippen molar-refractivity contribution in [2.75, 3.05) is 7.11 Å². The van der Waals surface area contributed by atoms with Crippen LogP contribution in [0, 0.1) is 5.82 Å². The number of hydrogen-bond acceptors (Lipinski definition) is 2. The Hall–Kier alpha value is -0.940. The van der Waals surface area contributed by atoms with Crippen molar-refractivity contribution in [3.63, 3.8) is 0 Å². The van der Waals surface area contributed by atoms with E-state index >= 15 is 0 Å². The third-order valence-corrected chi connectivity index (χ3v) is 2.20. The second-order valence-electron chi connectivity index (χ2n) is 2.24. The molecule has 0 aromatic heterocycles. The Morgan fingerprint density at radius 1 is 1.62 bits per heavy atom. The molecule has 0 fully saturated rings. The molecule has 0 heterocycles. The quantitative estimate of drug-likeness (QED) is 0.811. The Bertz CT molecular complexity index is 330. The Morgan fingerprint density at radius 3 is 2.92 bits per heavy atom. The minimum Gasteiger partial charge on any atom is -0.277 e. The van der Waals surface area contributed by atoms with Gasteiger partial charge in [-0.05, 0) is 28.1 Å². The van der Waals surface area contributed by atoms with Gasteiger partial charge < -0.3 is 0 Å². The van der Waals surface area contributed by atoms with E-state index in [1.807, 2.05) is 0 Å². The molecular weight excluding hydrogens is 241 g/mol. The number of hydrogen-bond donors (Lipinski definition) is 1. The summed E-state index contributed by atoms with van der Waals surface area (Å²) in [6, 6.07) is 4.19. The summed E-state index contributed by atoms with van der Waals surface area (Å²) >= 11 is 2.96. The van der Waals surface area contributed by atoms with Crippen LogP contribution >= 0.6 is 15.9 Å². The van der Waals surface area contributed by atoms with Gasteiger partial charge in [0.25, 0.3) is 5.91 Å². The number of benzene rings is 1. The highest BCUT2D eigenvalue weighted by molar-refractivity contribution is 9.10. The monoisotopic (exact) mass is 247 g/mol. The third kappa shape index (κ3) is 2.26. The van der Waals surface area contributed by atoms with E-state index in [1.54, 1.807) is 0 Å². The van der Waals surface area contributed by atoms with E-state index in [0.29, 0.717) is 0 Å². The maximum atomic E-state index is 12.9. The summed E-state index contributed by atoms with van der Waals surface area (Å²) < 4.78 is 13.0. The first kappa shape index (κ1) is 10.1. The largest absolute Gasteiger partial charge is 0.277 e. The van der Waals surface area contributed by atoms with Gasteiger partial charge in [0, 0.05) is 0 Å². The highest BCUT2D eigenvalue weighted by Gasteiger charge is 2.11. The van der Waals surface area contributed by atoms with Crippen LogP contribution in [0.4, 0.5) is 4.39 Å². The van der Waals surface area contributed by atoms with Crippen molar-refractivity contribution in [3.8, 4) is 0 Å². The van der Waals surface area contributed by atoms with Crippen molar-refractivity contribution >= 4 is 21.8 Å². The van der Waals surface area contributed by atoms with E-state index in [0.717, 1.165) is 0 Å². The summed E-state index contributed by atoms with van der Waals surface area (Å²) in [5.74, 6) is -0.974. The van der Waals surface area contributed by atoms with Crippen molar-refractivity contribution < 1.29 is 14.0 Å². The molecule has 0 unspecified atom stereocenters. The van der Waals surface area contributed by atoms with Gasteiger partial charge in [0.15, 0.2) is 0 Å². The van der Waals surface area contributed by atoms with Gasteiger partial charge in [0.2, 0.25) is 0 Å². The van der Waals surface area contributed by atoms with Gasteiger partial charge >= 0.3 is 0 Å². The second kappa shape index (κ2) is 4.34. The summed E-state index contributed by atoms with van der Waals surface area (Å²) in [6.07, 6.45) is 0. The summed E-state index contributed by atoms with van der Waals surface area (Å²) in [4.78, 5) is 15.6. The highest BCUT2D eigenvalue weighted by Crippen LogP contribution is 2.19. The molecule has 1 rings (SSSR count). The van der Waals surface area contributed by atoms with Crippen LogP contribution in [0.1, 0.15) is 10.4 Å². The molecule has 1 aromatic rings. The van der Waals surface area contributed by atoms with Gasteiger partial charge in [-0.3, -0.25) is 9.63 Å². The van der Waals surface area contributed by atoms with E-state index in [-0.39, 0.29) is 10.0 Å². The Morgan fingerprint density at radius 2 is 2.31 bits per heavy atom. The first-order chi connectivity index (χ1) is 6.16. The third-order valence-electron chi connectivity index (χ3n) is 1.39. The number of carbonyl (C=O) groups is 1. The maximum absolute atomic E-state index is 12.9. The fourth-order valence-corrected chi connectivity index (χ4v) is 1.27. The zero-order valence-corrected chi connectivity index (χ0v) is 8.39. The molecule has 1 N–H and O–H groups in total. The zero-order chi connectivity index (χ0) is 9.84. The predicted molar refractivity (Wildman–Crippen MR) is 48.6 cm³/mol. The van der Waals surface area contributed by atoms with Crippen LogP contribution < -0.4 is 5.48 Å². The van der Waals surface area contributed by atoms with Crippen molar-refractivity contribution in [2.24, 2.45) is 0 Å². The van der Waals surface area contributed by atoms with E-state index in [2.05, 4.69) is 26.2 Å². The number of hydroxylamine groups is 1. The standard InChI is InChI=1S/C8H7BrFNO2/c1-13-11-8(12)5-3-2-4-6(10)7(5)9/h2-4H,1H3,(H,11,12).